The van der Waals surface area contributed by atoms with Crippen LogP contribution >= 0.6 is 11.6 Å². The van der Waals surface area contributed by atoms with Gasteiger partial charge in [-0.15, -0.1) is 10.2 Å². The summed E-state index contributed by atoms with van der Waals surface area (Å²) in [4.78, 5) is 14.5. The van der Waals surface area contributed by atoms with Gasteiger partial charge in [-0.3, -0.25) is 4.79 Å². The molecular weight excluding hydrogens is 316 g/mol. The molecule has 0 radical (unpaired) electrons. The number of amides is 1. The van der Waals surface area contributed by atoms with Crippen molar-refractivity contribution in [2.75, 3.05) is 24.6 Å². The van der Waals surface area contributed by atoms with Gasteiger partial charge in [0.1, 0.15) is 0 Å². The van der Waals surface area contributed by atoms with Crippen LogP contribution in [0, 0.1) is 11.8 Å². The van der Waals surface area contributed by atoms with Gasteiger partial charge in [-0.05, 0) is 30.9 Å². The number of aliphatic hydroxyl groups excluding tert-OH is 1. The van der Waals surface area contributed by atoms with E-state index in [-0.39, 0.29) is 30.4 Å². The third-order valence-electron chi connectivity index (χ3n) is 4.66. The standard InChI is InChI=1S/C16H25ClN4O2/c1-3-11(2)13(10-22)18-16(23)12-6-8-21(9-7-12)15-5-4-14(17)19-20-15/h4-5,11-13,22H,3,6-10H2,1-2H3,(H,18,23)/t11-,13+/m1/s1. The molecule has 1 aromatic rings. The van der Waals surface area contributed by atoms with Crippen LogP contribution in [0.1, 0.15) is 33.1 Å². The van der Waals surface area contributed by atoms with Crippen molar-refractivity contribution in [3.8, 4) is 0 Å². The van der Waals surface area contributed by atoms with Gasteiger partial charge in [0.05, 0.1) is 12.6 Å². The normalized spacial score (nSPS) is 18.5. The fourth-order valence-corrected chi connectivity index (χ4v) is 2.90. The van der Waals surface area contributed by atoms with Gasteiger partial charge < -0.3 is 15.3 Å². The predicted molar refractivity (Wildman–Crippen MR) is 90.5 cm³/mol. The van der Waals surface area contributed by atoms with Gasteiger partial charge in [0, 0.05) is 19.0 Å². The van der Waals surface area contributed by atoms with E-state index in [4.69, 9.17) is 11.6 Å². The predicted octanol–water partition coefficient (Wildman–Crippen LogP) is 1.87. The molecule has 0 spiro atoms. The zero-order chi connectivity index (χ0) is 16.8. The zero-order valence-corrected chi connectivity index (χ0v) is 14.5. The van der Waals surface area contributed by atoms with E-state index in [9.17, 15) is 9.90 Å². The Kier molecular flexibility index (Phi) is 6.59. The number of nitrogens with zero attached hydrogens (tertiary/aromatic N) is 3. The number of carbonyl (C=O) groups is 1. The molecule has 0 aliphatic carbocycles. The second kappa shape index (κ2) is 8.45. The van der Waals surface area contributed by atoms with E-state index in [0.717, 1.165) is 38.2 Å². The molecule has 1 aliphatic rings. The number of halogens is 1. The molecular formula is C16H25ClN4O2. The molecule has 2 N–H and O–H groups in total. The van der Waals surface area contributed by atoms with E-state index in [1.165, 1.54) is 0 Å². The molecule has 1 amide bonds. The molecule has 128 valence electrons. The van der Waals surface area contributed by atoms with E-state index in [2.05, 4.69) is 27.3 Å². The summed E-state index contributed by atoms with van der Waals surface area (Å²) < 4.78 is 0. The Labute approximate surface area is 142 Å². The summed E-state index contributed by atoms with van der Waals surface area (Å²) in [5.41, 5.74) is 0. The molecule has 0 saturated carbocycles. The number of anilines is 1. The van der Waals surface area contributed by atoms with Crippen LogP contribution in [0.15, 0.2) is 12.1 Å². The quantitative estimate of drug-likeness (QED) is 0.826. The van der Waals surface area contributed by atoms with Crippen molar-refractivity contribution in [1.29, 1.82) is 0 Å². The van der Waals surface area contributed by atoms with Crippen LogP contribution in [0.4, 0.5) is 5.82 Å². The smallest absolute Gasteiger partial charge is 0.223 e. The highest BCUT2D eigenvalue weighted by Crippen LogP contribution is 2.22. The maximum absolute atomic E-state index is 12.4. The molecule has 2 heterocycles. The summed E-state index contributed by atoms with van der Waals surface area (Å²) in [5.74, 6) is 1.10. The minimum Gasteiger partial charge on any atom is -0.394 e. The highest BCUT2D eigenvalue weighted by molar-refractivity contribution is 6.29. The third-order valence-corrected chi connectivity index (χ3v) is 4.86. The van der Waals surface area contributed by atoms with Crippen LogP contribution in [0.2, 0.25) is 5.15 Å². The first-order valence-electron chi connectivity index (χ1n) is 8.20. The monoisotopic (exact) mass is 340 g/mol. The number of hydrogen-bond acceptors (Lipinski definition) is 5. The lowest BCUT2D eigenvalue weighted by Crippen LogP contribution is -2.47. The summed E-state index contributed by atoms with van der Waals surface area (Å²) >= 11 is 5.75. The van der Waals surface area contributed by atoms with Crippen LogP contribution in [0.5, 0.6) is 0 Å². The largest absolute Gasteiger partial charge is 0.394 e. The molecule has 0 bridgehead atoms. The van der Waals surface area contributed by atoms with Crippen LogP contribution in [0.3, 0.4) is 0 Å². The Morgan fingerprint density at radius 1 is 1.43 bits per heavy atom. The van der Waals surface area contributed by atoms with Gasteiger partial charge in [-0.25, -0.2) is 0 Å². The fourth-order valence-electron chi connectivity index (χ4n) is 2.80. The minimum atomic E-state index is -0.160. The van der Waals surface area contributed by atoms with E-state index in [1.54, 1.807) is 6.07 Å². The number of aromatic nitrogens is 2. The SMILES string of the molecule is CC[C@@H](C)[C@H](CO)NC(=O)C1CCN(c2ccc(Cl)nn2)CC1. The van der Waals surface area contributed by atoms with Gasteiger partial charge in [0.15, 0.2) is 11.0 Å². The van der Waals surface area contributed by atoms with Gasteiger partial charge in [0.25, 0.3) is 0 Å². The van der Waals surface area contributed by atoms with Crippen LogP contribution < -0.4 is 10.2 Å². The molecule has 7 heteroatoms. The first-order valence-corrected chi connectivity index (χ1v) is 8.58. The first kappa shape index (κ1) is 17.9. The van der Waals surface area contributed by atoms with E-state index in [1.807, 2.05) is 13.0 Å². The third kappa shape index (κ3) is 4.78. The van der Waals surface area contributed by atoms with Gasteiger partial charge in [0.2, 0.25) is 5.91 Å². The lowest BCUT2D eigenvalue weighted by atomic mass is 9.94. The summed E-state index contributed by atoms with van der Waals surface area (Å²) in [6.45, 7) is 5.62. The van der Waals surface area contributed by atoms with E-state index < -0.39 is 0 Å². The van der Waals surface area contributed by atoms with Gasteiger partial charge >= 0.3 is 0 Å². The first-order chi connectivity index (χ1) is 11.0. The number of nitrogens with one attached hydrogen (secondary N) is 1. The Morgan fingerprint density at radius 2 is 2.13 bits per heavy atom. The second-order valence-corrected chi connectivity index (χ2v) is 6.55. The maximum Gasteiger partial charge on any atom is 0.223 e. The van der Waals surface area contributed by atoms with Crippen molar-refractivity contribution in [2.24, 2.45) is 11.8 Å². The van der Waals surface area contributed by atoms with Crippen LogP contribution in [-0.2, 0) is 4.79 Å². The minimum absolute atomic E-state index is 0.00962. The van der Waals surface area contributed by atoms with Gasteiger partial charge in [-0.2, -0.15) is 0 Å². The number of aliphatic hydroxyl groups is 1. The topological polar surface area (TPSA) is 78.4 Å². The lowest BCUT2D eigenvalue weighted by molar-refractivity contribution is -0.127. The molecule has 1 fully saturated rings. The van der Waals surface area contributed by atoms with Crippen molar-refractivity contribution in [3.05, 3.63) is 17.3 Å². The second-order valence-electron chi connectivity index (χ2n) is 6.16. The number of piperidine rings is 1. The summed E-state index contributed by atoms with van der Waals surface area (Å²) in [7, 11) is 0. The average Bonchev–Trinajstić information content (AvgIpc) is 2.59. The molecule has 2 rings (SSSR count). The number of hydrogen-bond donors (Lipinski definition) is 2. The molecule has 6 nitrogen and oxygen atoms in total. The van der Waals surface area contributed by atoms with Crippen molar-refractivity contribution in [3.63, 3.8) is 0 Å². The van der Waals surface area contributed by atoms with Crippen molar-refractivity contribution in [1.82, 2.24) is 15.5 Å². The number of rotatable bonds is 6. The maximum atomic E-state index is 12.4. The Morgan fingerprint density at radius 3 is 2.65 bits per heavy atom. The molecule has 1 aliphatic heterocycles. The zero-order valence-electron chi connectivity index (χ0n) is 13.7. The number of carbonyl (C=O) groups excluding carboxylic acids is 1. The highest BCUT2D eigenvalue weighted by Gasteiger charge is 2.28. The molecule has 23 heavy (non-hydrogen) atoms. The van der Waals surface area contributed by atoms with Gasteiger partial charge in [-0.1, -0.05) is 31.9 Å². The molecule has 0 aromatic carbocycles. The fraction of sp³-hybridized carbons (Fsp3) is 0.688. The summed E-state index contributed by atoms with van der Waals surface area (Å²) in [5, 5.41) is 20.7. The molecule has 0 unspecified atom stereocenters. The van der Waals surface area contributed by atoms with E-state index >= 15 is 0 Å². The van der Waals surface area contributed by atoms with Crippen molar-refractivity contribution >= 4 is 23.3 Å². The Balaban J connectivity index is 1.86. The summed E-state index contributed by atoms with van der Waals surface area (Å²) in [6, 6.07) is 3.41. The average molecular weight is 341 g/mol. The summed E-state index contributed by atoms with van der Waals surface area (Å²) in [6.07, 6.45) is 2.47. The van der Waals surface area contributed by atoms with Crippen LogP contribution in [0.25, 0.3) is 0 Å². The van der Waals surface area contributed by atoms with E-state index in [0.29, 0.717) is 5.15 Å². The molecule has 2 atom stereocenters. The lowest BCUT2D eigenvalue weighted by Gasteiger charge is -2.33. The van der Waals surface area contributed by atoms with Crippen LogP contribution in [-0.4, -0.2) is 46.9 Å². The molecule has 1 saturated heterocycles. The molecule has 1 aromatic heterocycles. The van der Waals surface area contributed by atoms with Crippen molar-refractivity contribution < 1.29 is 9.90 Å². The van der Waals surface area contributed by atoms with Crippen molar-refractivity contribution in [2.45, 2.75) is 39.2 Å². The Hall–Kier alpha value is -1.40. The Bertz CT molecular complexity index is 503. The highest BCUT2D eigenvalue weighted by atomic mass is 35.5.